The molecule has 1 heterocycles. The number of hydrogen-bond donors (Lipinski definition) is 5. The van der Waals surface area contributed by atoms with Gasteiger partial charge in [-0.05, 0) is 24.5 Å². The molecule has 0 bridgehead atoms. The summed E-state index contributed by atoms with van der Waals surface area (Å²) >= 11 is 5.51. The Kier molecular flexibility index (Phi) is 10.1. The van der Waals surface area contributed by atoms with Gasteiger partial charge in [-0.3, -0.25) is 19.3 Å². The zero-order chi connectivity index (χ0) is 26.9. The highest BCUT2D eigenvalue weighted by atomic mass is 32.2. The van der Waals surface area contributed by atoms with E-state index in [9.17, 15) is 24.3 Å². The van der Waals surface area contributed by atoms with E-state index in [1.54, 1.807) is 24.3 Å². The third-order valence-electron chi connectivity index (χ3n) is 5.61. The lowest BCUT2D eigenvalue weighted by molar-refractivity contribution is -0.141. The molecule has 10 nitrogen and oxygen atoms in total. The number of thiol groups is 1. The lowest BCUT2D eigenvalue weighted by Gasteiger charge is -2.26. The number of aliphatic carboxylic acids is 1. The first-order valence-corrected chi connectivity index (χ1v) is 13.5. The highest BCUT2D eigenvalue weighted by Gasteiger charge is 2.35. The second-order valence-corrected chi connectivity index (χ2v) is 9.58. The van der Waals surface area contributed by atoms with Crippen molar-refractivity contribution in [2.24, 2.45) is 10.7 Å². The van der Waals surface area contributed by atoms with Crippen LogP contribution in [-0.2, 0) is 19.2 Å². The van der Waals surface area contributed by atoms with Crippen LogP contribution in [0.5, 0.6) is 0 Å². The molecule has 5 N–H and O–H groups in total. The Labute approximate surface area is 224 Å². The Morgan fingerprint density at radius 2 is 1.84 bits per heavy atom. The number of benzodiazepines with no additional fused rings is 1. The van der Waals surface area contributed by atoms with Crippen LogP contribution < -0.4 is 21.3 Å². The van der Waals surface area contributed by atoms with E-state index < -0.39 is 48.5 Å². The Balaban J connectivity index is 2.02. The number of nitrogens with two attached hydrogens (primary N) is 1. The lowest BCUT2D eigenvalue weighted by atomic mass is 10.0. The number of carbonyl (C=O) groups is 4. The van der Waals surface area contributed by atoms with Crippen LogP contribution in [0, 0.1) is 0 Å². The molecule has 196 valence electrons. The van der Waals surface area contributed by atoms with Crippen molar-refractivity contribution in [1.29, 1.82) is 0 Å². The van der Waals surface area contributed by atoms with Crippen molar-refractivity contribution in [3.63, 3.8) is 0 Å². The summed E-state index contributed by atoms with van der Waals surface area (Å²) in [5.41, 5.74) is 7.92. The Hall–Kier alpha value is -3.35. The SMILES string of the molecule is CSCC[C@H](NC(=O)CN1C(=O)[C@@H](NC(=O)[C@@H](N)CS)N=C(c2ccccc2)c2ccccc21)C(=O)O. The van der Waals surface area contributed by atoms with Crippen LogP contribution in [-0.4, -0.2) is 77.1 Å². The summed E-state index contributed by atoms with van der Waals surface area (Å²) < 4.78 is 0. The number of carbonyl (C=O) groups excluding carboxylic acids is 3. The van der Waals surface area contributed by atoms with Crippen molar-refractivity contribution >= 4 is 59.5 Å². The number of hydrogen-bond acceptors (Lipinski definition) is 8. The van der Waals surface area contributed by atoms with Gasteiger partial charge in [-0.1, -0.05) is 48.5 Å². The van der Waals surface area contributed by atoms with E-state index in [4.69, 9.17) is 5.73 Å². The van der Waals surface area contributed by atoms with Gasteiger partial charge in [-0.2, -0.15) is 24.4 Å². The van der Waals surface area contributed by atoms with Gasteiger partial charge in [0.05, 0.1) is 17.4 Å². The van der Waals surface area contributed by atoms with Crippen LogP contribution in [0.15, 0.2) is 59.6 Å². The van der Waals surface area contributed by atoms with Gasteiger partial charge in [0.25, 0.3) is 5.91 Å². The number of nitrogens with one attached hydrogen (secondary N) is 2. The van der Waals surface area contributed by atoms with Crippen molar-refractivity contribution in [1.82, 2.24) is 10.6 Å². The third kappa shape index (κ3) is 7.12. The van der Waals surface area contributed by atoms with Gasteiger partial charge in [0, 0.05) is 16.9 Å². The number of rotatable bonds is 11. The predicted molar refractivity (Wildman–Crippen MR) is 147 cm³/mol. The number of benzene rings is 2. The molecule has 0 unspecified atom stereocenters. The molecule has 12 heteroatoms. The number of amides is 3. The average molecular weight is 544 g/mol. The van der Waals surface area contributed by atoms with E-state index in [-0.39, 0.29) is 12.2 Å². The minimum atomic E-state index is -1.37. The molecule has 3 rings (SSSR count). The normalized spacial score (nSPS) is 16.6. The minimum Gasteiger partial charge on any atom is -0.480 e. The van der Waals surface area contributed by atoms with E-state index in [0.29, 0.717) is 28.3 Å². The van der Waals surface area contributed by atoms with Crippen molar-refractivity contribution in [3.05, 3.63) is 65.7 Å². The van der Waals surface area contributed by atoms with Gasteiger partial charge >= 0.3 is 5.97 Å². The van der Waals surface area contributed by atoms with Crippen LogP contribution >= 0.6 is 24.4 Å². The molecule has 2 aromatic carbocycles. The van der Waals surface area contributed by atoms with E-state index >= 15 is 0 Å². The standard InChI is InChI=1S/C25H29N5O5S2/c1-37-12-11-18(25(34)35)27-20(31)13-30-19-10-6-5-9-16(19)21(15-7-3-2-4-8-15)28-22(24(30)33)29-23(32)17(26)14-36/h2-10,17-18,22,36H,11-14,26H2,1H3,(H,27,31)(H,29,32)(H,34,35)/t17-,18-,22+/m0/s1. The van der Waals surface area contributed by atoms with E-state index in [0.717, 1.165) is 0 Å². The third-order valence-corrected chi connectivity index (χ3v) is 6.65. The molecule has 1 aliphatic heterocycles. The van der Waals surface area contributed by atoms with Crippen LogP contribution in [0.3, 0.4) is 0 Å². The second-order valence-electron chi connectivity index (χ2n) is 8.23. The van der Waals surface area contributed by atoms with E-state index in [1.807, 2.05) is 36.6 Å². The summed E-state index contributed by atoms with van der Waals surface area (Å²) in [7, 11) is 0. The fourth-order valence-corrected chi connectivity index (χ4v) is 4.35. The summed E-state index contributed by atoms with van der Waals surface area (Å²) in [6, 6.07) is 14.0. The number of aliphatic imine (C=N–C) groups is 1. The number of thioether (sulfide) groups is 1. The summed E-state index contributed by atoms with van der Waals surface area (Å²) in [6.45, 7) is -0.471. The summed E-state index contributed by atoms with van der Waals surface area (Å²) in [5.74, 6) is -2.51. The van der Waals surface area contributed by atoms with Crippen LogP contribution in [0.4, 0.5) is 5.69 Å². The van der Waals surface area contributed by atoms with Gasteiger partial charge in [0.2, 0.25) is 18.0 Å². The molecular formula is C25H29N5O5S2. The topological polar surface area (TPSA) is 154 Å². The lowest BCUT2D eigenvalue weighted by Crippen LogP contribution is -2.54. The number of fused-ring (bicyclic) bond motifs is 1. The van der Waals surface area contributed by atoms with Crippen molar-refractivity contribution in [2.45, 2.75) is 24.7 Å². The minimum absolute atomic E-state index is 0.0565. The summed E-state index contributed by atoms with van der Waals surface area (Å²) in [4.78, 5) is 56.7. The zero-order valence-corrected chi connectivity index (χ0v) is 21.9. The van der Waals surface area contributed by atoms with Gasteiger partial charge in [0.1, 0.15) is 12.6 Å². The van der Waals surface area contributed by atoms with E-state index in [1.165, 1.54) is 16.7 Å². The summed E-state index contributed by atoms with van der Waals surface area (Å²) in [6.07, 6.45) is 0.695. The Morgan fingerprint density at radius 3 is 2.49 bits per heavy atom. The smallest absolute Gasteiger partial charge is 0.326 e. The molecule has 0 saturated carbocycles. The molecule has 0 saturated heterocycles. The van der Waals surface area contributed by atoms with Crippen LogP contribution in [0.25, 0.3) is 0 Å². The molecule has 0 aliphatic carbocycles. The number of nitrogens with zero attached hydrogens (tertiary/aromatic N) is 2. The molecule has 37 heavy (non-hydrogen) atoms. The monoisotopic (exact) mass is 543 g/mol. The quantitative estimate of drug-likeness (QED) is 0.264. The Morgan fingerprint density at radius 1 is 1.16 bits per heavy atom. The molecule has 0 fully saturated rings. The van der Waals surface area contributed by atoms with Crippen molar-refractivity contribution < 1.29 is 24.3 Å². The van der Waals surface area contributed by atoms with Gasteiger partial charge < -0.3 is 21.5 Å². The van der Waals surface area contributed by atoms with Crippen molar-refractivity contribution in [3.8, 4) is 0 Å². The number of anilines is 1. The molecule has 3 amide bonds. The van der Waals surface area contributed by atoms with Gasteiger partial charge in [-0.25, -0.2) is 9.79 Å². The van der Waals surface area contributed by atoms with Gasteiger partial charge in [-0.15, -0.1) is 0 Å². The summed E-state index contributed by atoms with van der Waals surface area (Å²) in [5, 5.41) is 14.6. The molecule has 3 atom stereocenters. The molecule has 0 radical (unpaired) electrons. The maximum absolute atomic E-state index is 13.7. The second kappa shape index (κ2) is 13.3. The molecule has 0 aromatic heterocycles. The zero-order valence-electron chi connectivity index (χ0n) is 20.2. The fraction of sp³-hybridized carbons (Fsp3) is 0.320. The number of para-hydroxylation sites is 1. The predicted octanol–water partition coefficient (Wildman–Crippen LogP) is 0.893. The average Bonchev–Trinajstić information content (AvgIpc) is 3.01. The molecule has 0 spiro atoms. The molecular weight excluding hydrogens is 514 g/mol. The maximum Gasteiger partial charge on any atom is 0.326 e. The van der Waals surface area contributed by atoms with E-state index in [2.05, 4.69) is 28.3 Å². The van der Waals surface area contributed by atoms with Gasteiger partial charge in [0.15, 0.2) is 0 Å². The first kappa shape index (κ1) is 28.2. The first-order chi connectivity index (χ1) is 17.8. The number of carboxylic acid groups (broad SMARTS) is 1. The first-order valence-electron chi connectivity index (χ1n) is 11.5. The Bertz CT molecular complexity index is 1180. The molecule has 2 aromatic rings. The largest absolute Gasteiger partial charge is 0.480 e. The number of carboxylic acids is 1. The highest BCUT2D eigenvalue weighted by molar-refractivity contribution is 7.98. The van der Waals surface area contributed by atoms with Crippen molar-refractivity contribution in [2.75, 3.05) is 29.2 Å². The highest BCUT2D eigenvalue weighted by Crippen LogP contribution is 2.28. The van der Waals surface area contributed by atoms with Crippen LogP contribution in [0.1, 0.15) is 17.5 Å². The maximum atomic E-state index is 13.7. The van der Waals surface area contributed by atoms with Crippen LogP contribution in [0.2, 0.25) is 0 Å². The molecule has 1 aliphatic rings. The fourth-order valence-electron chi connectivity index (χ4n) is 3.71.